The van der Waals surface area contributed by atoms with Crippen molar-refractivity contribution >= 4 is 10.8 Å². The lowest BCUT2D eigenvalue weighted by molar-refractivity contribution is 0.509. The van der Waals surface area contributed by atoms with Crippen molar-refractivity contribution in [1.82, 2.24) is 0 Å². The normalized spacial score (nSPS) is 10.6. The van der Waals surface area contributed by atoms with E-state index in [1.807, 2.05) is 43.3 Å². The molecule has 0 saturated heterocycles. The summed E-state index contributed by atoms with van der Waals surface area (Å²) in [7, 11) is 0. The predicted molar refractivity (Wildman–Crippen MR) is 155 cm³/mol. The summed E-state index contributed by atoms with van der Waals surface area (Å²) in [6.45, 7) is 6.36. The molecule has 0 aliphatic carbocycles. The zero-order valence-corrected chi connectivity index (χ0v) is 22.9. The zero-order chi connectivity index (χ0) is 27.8. The van der Waals surface area contributed by atoms with Crippen molar-refractivity contribution in [2.24, 2.45) is 0 Å². The number of hydrogen-bond acceptors (Lipinski definition) is 0. The van der Waals surface area contributed by atoms with E-state index in [1.54, 1.807) is 6.07 Å². The maximum absolute atomic E-state index is 15.3. The summed E-state index contributed by atoms with van der Waals surface area (Å²) in [6.07, 6.45) is 7.28. The summed E-state index contributed by atoms with van der Waals surface area (Å²) in [5.74, 6) is 8.23. The summed E-state index contributed by atoms with van der Waals surface area (Å²) >= 11 is 0. The lowest BCUT2D eigenvalue weighted by Crippen LogP contribution is -1.97. The highest BCUT2D eigenvalue weighted by atomic mass is 19.2. The number of unbranched alkanes of at least 4 members (excludes halogenated alkanes) is 2. The molecule has 0 nitrogen and oxygen atoms in total. The van der Waals surface area contributed by atoms with E-state index in [0.29, 0.717) is 0 Å². The number of fused-ring (bicyclic) bond motifs is 1. The van der Waals surface area contributed by atoms with Crippen LogP contribution in [0.2, 0.25) is 0 Å². The Morgan fingerprint density at radius 3 is 1.87 bits per heavy atom. The average Bonchev–Trinajstić information content (AvgIpc) is 2.96. The van der Waals surface area contributed by atoms with Crippen LogP contribution in [0, 0.1) is 41.1 Å². The van der Waals surface area contributed by atoms with Crippen LogP contribution < -0.4 is 0 Å². The van der Waals surface area contributed by atoms with Crippen LogP contribution in [0.1, 0.15) is 85.4 Å². The van der Waals surface area contributed by atoms with Gasteiger partial charge in [-0.25, -0.2) is 13.2 Å². The largest absolute Gasteiger partial charge is 0.205 e. The Bertz CT molecular complexity index is 1590. The molecule has 4 rings (SSSR count). The van der Waals surface area contributed by atoms with Gasteiger partial charge in [0.15, 0.2) is 11.6 Å². The predicted octanol–water partition coefficient (Wildman–Crippen LogP) is 9.30. The minimum absolute atomic E-state index is 0.0189. The third kappa shape index (κ3) is 6.74. The highest BCUT2D eigenvalue weighted by Crippen LogP contribution is 2.28. The molecule has 0 unspecified atom stereocenters. The topological polar surface area (TPSA) is 0 Å². The Labute approximate surface area is 230 Å². The first-order valence-corrected chi connectivity index (χ1v) is 13.8. The second kappa shape index (κ2) is 13.2. The van der Waals surface area contributed by atoms with Crippen molar-refractivity contribution in [3.8, 4) is 23.7 Å². The van der Waals surface area contributed by atoms with E-state index in [9.17, 15) is 0 Å². The van der Waals surface area contributed by atoms with Gasteiger partial charge in [-0.05, 0) is 84.5 Å². The molecule has 0 fully saturated rings. The van der Waals surface area contributed by atoms with Crippen molar-refractivity contribution < 1.29 is 13.2 Å². The molecular formula is C36H33F3. The molecule has 0 N–H and O–H groups in total. The lowest BCUT2D eigenvalue weighted by atomic mass is 9.98. The molecule has 0 atom stereocenters. The summed E-state index contributed by atoms with van der Waals surface area (Å²) in [5.41, 5.74) is 4.99. The van der Waals surface area contributed by atoms with E-state index in [-0.39, 0.29) is 16.5 Å². The standard InChI is InChI=1S/C36H33F3/c1-4-7-9-25-11-13-26(14-12-25)15-18-30-20-21-31-24-32(35(38)36(39)33(31)34(30)37)22-19-29-17-16-27(10-8-5-2)23-28(29)6-3/h11-14,16-17,20-21,23-24H,4-10H2,1-3H3. The van der Waals surface area contributed by atoms with Crippen molar-refractivity contribution in [3.05, 3.63) is 117 Å². The Hall–Kier alpha value is -3.95. The zero-order valence-electron chi connectivity index (χ0n) is 22.9. The summed E-state index contributed by atoms with van der Waals surface area (Å²) in [4.78, 5) is 0. The fourth-order valence-electron chi connectivity index (χ4n) is 4.58. The molecule has 0 spiro atoms. The molecule has 0 aliphatic rings. The Morgan fingerprint density at radius 1 is 0.564 bits per heavy atom. The molecule has 3 heteroatoms. The second-order valence-electron chi connectivity index (χ2n) is 9.83. The Balaban J connectivity index is 1.64. The van der Waals surface area contributed by atoms with Gasteiger partial charge < -0.3 is 0 Å². The minimum atomic E-state index is -1.25. The maximum atomic E-state index is 15.3. The number of hydrogen-bond donors (Lipinski definition) is 0. The highest BCUT2D eigenvalue weighted by molar-refractivity contribution is 5.87. The minimum Gasteiger partial charge on any atom is -0.205 e. The summed E-state index contributed by atoms with van der Waals surface area (Å²) in [5, 5.41) is -0.165. The van der Waals surface area contributed by atoms with Gasteiger partial charge in [-0.3, -0.25) is 0 Å². The van der Waals surface area contributed by atoms with Crippen LogP contribution in [-0.4, -0.2) is 0 Å². The molecule has 0 aromatic heterocycles. The number of aryl methyl sites for hydroxylation is 3. The summed E-state index contributed by atoms with van der Waals surface area (Å²) < 4.78 is 45.4. The molecular weight excluding hydrogens is 489 g/mol. The van der Waals surface area contributed by atoms with Gasteiger partial charge in [-0.15, -0.1) is 0 Å². The van der Waals surface area contributed by atoms with Crippen LogP contribution in [0.5, 0.6) is 0 Å². The van der Waals surface area contributed by atoms with E-state index in [2.05, 4.69) is 43.6 Å². The Kier molecular flexibility index (Phi) is 9.51. The first kappa shape index (κ1) is 28.1. The quantitative estimate of drug-likeness (QED) is 0.212. The van der Waals surface area contributed by atoms with Gasteiger partial charge in [-0.1, -0.05) is 87.6 Å². The molecule has 0 aliphatic heterocycles. The van der Waals surface area contributed by atoms with Crippen molar-refractivity contribution in [1.29, 1.82) is 0 Å². The smallest absolute Gasteiger partial charge is 0.175 e. The molecule has 39 heavy (non-hydrogen) atoms. The average molecular weight is 523 g/mol. The molecule has 198 valence electrons. The van der Waals surface area contributed by atoms with E-state index < -0.39 is 22.8 Å². The highest BCUT2D eigenvalue weighted by Gasteiger charge is 2.17. The number of benzene rings is 4. The molecule has 0 heterocycles. The first-order valence-electron chi connectivity index (χ1n) is 13.8. The van der Waals surface area contributed by atoms with Crippen LogP contribution in [0.15, 0.2) is 60.7 Å². The van der Waals surface area contributed by atoms with Gasteiger partial charge in [0, 0.05) is 11.1 Å². The van der Waals surface area contributed by atoms with Gasteiger partial charge in [0.25, 0.3) is 0 Å². The molecule has 0 bridgehead atoms. The molecule has 0 saturated carbocycles. The van der Waals surface area contributed by atoms with Crippen LogP contribution >= 0.6 is 0 Å². The first-order chi connectivity index (χ1) is 18.9. The fourth-order valence-corrected chi connectivity index (χ4v) is 4.58. The van der Waals surface area contributed by atoms with Crippen LogP contribution in [0.25, 0.3) is 10.8 Å². The summed E-state index contributed by atoms with van der Waals surface area (Å²) in [6, 6.07) is 18.4. The third-order valence-corrected chi connectivity index (χ3v) is 6.94. The van der Waals surface area contributed by atoms with E-state index >= 15 is 13.2 Å². The third-order valence-electron chi connectivity index (χ3n) is 6.94. The maximum Gasteiger partial charge on any atom is 0.175 e. The van der Waals surface area contributed by atoms with Crippen LogP contribution in [0.4, 0.5) is 13.2 Å². The van der Waals surface area contributed by atoms with Gasteiger partial charge in [0.05, 0.1) is 16.5 Å². The van der Waals surface area contributed by atoms with Crippen LogP contribution in [0.3, 0.4) is 0 Å². The van der Waals surface area contributed by atoms with Gasteiger partial charge in [0.1, 0.15) is 5.82 Å². The molecule has 4 aromatic rings. The van der Waals surface area contributed by atoms with Crippen molar-refractivity contribution in [2.75, 3.05) is 0 Å². The number of halogens is 3. The Morgan fingerprint density at radius 2 is 1.18 bits per heavy atom. The van der Waals surface area contributed by atoms with E-state index in [0.717, 1.165) is 61.6 Å². The van der Waals surface area contributed by atoms with Gasteiger partial charge >= 0.3 is 0 Å². The second-order valence-corrected chi connectivity index (χ2v) is 9.83. The SMILES string of the molecule is CCCCc1ccc(C#Cc2ccc3cc(C#Cc4ccc(CCCC)cc4CC)c(F)c(F)c3c2F)cc1. The molecule has 0 amide bonds. The van der Waals surface area contributed by atoms with Crippen LogP contribution in [-0.2, 0) is 19.3 Å². The lowest BCUT2D eigenvalue weighted by Gasteiger charge is -2.07. The monoisotopic (exact) mass is 522 g/mol. The van der Waals surface area contributed by atoms with Gasteiger partial charge in [0.2, 0.25) is 0 Å². The fraction of sp³-hybridized carbons (Fsp3) is 0.278. The van der Waals surface area contributed by atoms with Gasteiger partial charge in [-0.2, -0.15) is 0 Å². The van der Waals surface area contributed by atoms with Crippen molar-refractivity contribution in [3.63, 3.8) is 0 Å². The van der Waals surface area contributed by atoms with E-state index in [4.69, 9.17) is 0 Å². The number of rotatable bonds is 7. The molecule has 4 aromatic carbocycles. The van der Waals surface area contributed by atoms with E-state index in [1.165, 1.54) is 23.3 Å². The molecule has 0 radical (unpaired) electrons. The van der Waals surface area contributed by atoms with Crippen molar-refractivity contribution in [2.45, 2.75) is 65.7 Å².